The van der Waals surface area contributed by atoms with E-state index in [4.69, 9.17) is 4.98 Å². The predicted octanol–water partition coefficient (Wildman–Crippen LogP) is 6.11. The Morgan fingerprint density at radius 2 is 1.64 bits per heavy atom. The molecule has 0 radical (unpaired) electrons. The fraction of sp³-hybridized carbons (Fsp3) is 0.278. The Balaban J connectivity index is 1.46. The lowest BCUT2D eigenvalue weighted by Gasteiger charge is -2.35. The van der Waals surface area contributed by atoms with Crippen molar-refractivity contribution >= 4 is 32.7 Å². The maximum Gasteiger partial charge on any atom is 0.269 e. The number of fused-ring (bicyclic) bond motifs is 1. The summed E-state index contributed by atoms with van der Waals surface area (Å²) in [7, 11) is 1.53. The summed E-state index contributed by atoms with van der Waals surface area (Å²) in [5.74, 6) is -0.0975. The monoisotopic (exact) mass is 621 g/mol. The SMILES string of the molecule is CN[C@H]1CCCN(c2ccc(-c3cnc4c(c3)c(-c3ccc(C(=O)N(C)C)cc3)cn4S(=O)(=O)c3ccc(C)cc3)cc2C)C1. The molecule has 0 bridgehead atoms. The molecule has 5 aromatic rings. The van der Waals surface area contributed by atoms with E-state index in [1.165, 1.54) is 26.5 Å². The third-order valence-electron chi connectivity index (χ3n) is 8.74. The Labute approximate surface area is 265 Å². The van der Waals surface area contributed by atoms with Crippen LogP contribution >= 0.6 is 0 Å². The highest BCUT2D eigenvalue weighted by Crippen LogP contribution is 2.36. The second kappa shape index (κ2) is 12.1. The maximum atomic E-state index is 13.9. The lowest BCUT2D eigenvalue weighted by Crippen LogP contribution is -2.44. The number of piperidine rings is 1. The third-order valence-corrected chi connectivity index (χ3v) is 10.4. The van der Waals surface area contributed by atoms with Gasteiger partial charge in [0.25, 0.3) is 15.9 Å². The largest absolute Gasteiger partial charge is 0.370 e. The van der Waals surface area contributed by atoms with Crippen molar-refractivity contribution < 1.29 is 13.2 Å². The molecule has 0 unspecified atom stereocenters. The standard InChI is InChI=1S/C36H39N5O3S/c1-24-8-15-31(16-9-24)45(43,44)41-23-33(26-10-12-27(13-11-26)36(42)39(4)5)32-20-29(21-38-35(32)41)28-14-17-34(25(2)19-28)40-18-6-7-30(22-40)37-3/h8-17,19-21,23,30,37H,6-7,18,22H2,1-5H3/t30-/m0/s1. The lowest BCUT2D eigenvalue weighted by atomic mass is 9.98. The summed E-state index contributed by atoms with van der Waals surface area (Å²) >= 11 is 0. The molecule has 9 heteroatoms. The molecule has 0 spiro atoms. The second-order valence-corrected chi connectivity index (χ2v) is 13.9. The van der Waals surface area contributed by atoms with Crippen molar-refractivity contribution in [3.63, 3.8) is 0 Å². The number of hydrogen-bond acceptors (Lipinski definition) is 6. The molecule has 1 amide bonds. The summed E-state index contributed by atoms with van der Waals surface area (Å²) in [5.41, 5.74) is 7.73. The van der Waals surface area contributed by atoms with Crippen molar-refractivity contribution in [1.29, 1.82) is 0 Å². The van der Waals surface area contributed by atoms with Crippen LogP contribution in [0.5, 0.6) is 0 Å². The van der Waals surface area contributed by atoms with Crippen molar-refractivity contribution in [3.05, 3.63) is 102 Å². The summed E-state index contributed by atoms with van der Waals surface area (Å²) < 4.78 is 29.1. The summed E-state index contributed by atoms with van der Waals surface area (Å²) in [5, 5.41) is 4.13. The van der Waals surface area contributed by atoms with Gasteiger partial charge >= 0.3 is 0 Å². The molecule has 1 N–H and O–H groups in total. The van der Waals surface area contributed by atoms with Crippen molar-refractivity contribution in [2.24, 2.45) is 0 Å². The molecule has 3 aromatic carbocycles. The number of benzene rings is 3. The molecule has 0 saturated carbocycles. The zero-order chi connectivity index (χ0) is 31.9. The van der Waals surface area contributed by atoms with Crippen LogP contribution in [0.25, 0.3) is 33.3 Å². The van der Waals surface area contributed by atoms with Gasteiger partial charge in [-0.3, -0.25) is 4.79 Å². The predicted molar refractivity (Wildman–Crippen MR) is 181 cm³/mol. The lowest BCUT2D eigenvalue weighted by molar-refractivity contribution is 0.0827. The minimum atomic E-state index is -3.93. The first-order valence-corrected chi connectivity index (χ1v) is 16.7. The number of aromatic nitrogens is 2. The number of pyridine rings is 1. The third kappa shape index (κ3) is 5.85. The number of anilines is 1. The van der Waals surface area contributed by atoms with E-state index < -0.39 is 10.0 Å². The van der Waals surface area contributed by atoms with Crippen molar-refractivity contribution in [3.8, 4) is 22.3 Å². The quantitative estimate of drug-likeness (QED) is 0.236. The van der Waals surface area contributed by atoms with Gasteiger partial charge in [0.1, 0.15) is 0 Å². The topological polar surface area (TPSA) is 87.5 Å². The number of rotatable bonds is 7. The van der Waals surface area contributed by atoms with Gasteiger partial charge in [-0.2, -0.15) is 0 Å². The molecule has 8 nitrogen and oxygen atoms in total. The number of carbonyl (C=O) groups excluding carboxylic acids is 1. The van der Waals surface area contributed by atoms with Gasteiger partial charge in [0, 0.05) is 73.4 Å². The number of aryl methyl sites for hydroxylation is 2. The normalized spacial score (nSPS) is 15.4. The van der Waals surface area contributed by atoms with Gasteiger partial charge in [-0.15, -0.1) is 0 Å². The van der Waals surface area contributed by atoms with Gasteiger partial charge in [-0.1, -0.05) is 35.9 Å². The van der Waals surface area contributed by atoms with Crippen molar-refractivity contribution in [1.82, 2.24) is 19.2 Å². The van der Waals surface area contributed by atoms with E-state index in [0.717, 1.165) is 47.3 Å². The van der Waals surface area contributed by atoms with Crippen LogP contribution in [-0.4, -0.2) is 68.5 Å². The zero-order valence-electron chi connectivity index (χ0n) is 26.4. The first-order chi connectivity index (χ1) is 21.6. The molecule has 232 valence electrons. The summed E-state index contributed by atoms with van der Waals surface area (Å²) in [6, 6.07) is 23.1. The molecule has 1 saturated heterocycles. The molecule has 0 aliphatic carbocycles. The minimum Gasteiger partial charge on any atom is -0.370 e. The highest BCUT2D eigenvalue weighted by Gasteiger charge is 2.24. The van der Waals surface area contributed by atoms with Crippen LogP contribution in [0.4, 0.5) is 5.69 Å². The number of amides is 1. The van der Waals surface area contributed by atoms with E-state index >= 15 is 0 Å². The van der Waals surface area contributed by atoms with Crippen LogP contribution in [0.2, 0.25) is 0 Å². The molecule has 45 heavy (non-hydrogen) atoms. The average molecular weight is 622 g/mol. The maximum absolute atomic E-state index is 13.9. The van der Waals surface area contributed by atoms with Crippen LogP contribution in [0.1, 0.15) is 34.3 Å². The van der Waals surface area contributed by atoms with E-state index in [1.807, 2.05) is 32.2 Å². The Bertz CT molecular complexity index is 1980. The Kier molecular flexibility index (Phi) is 8.24. The van der Waals surface area contributed by atoms with E-state index in [1.54, 1.807) is 62.9 Å². The van der Waals surface area contributed by atoms with Gasteiger partial charge < -0.3 is 15.1 Å². The van der Waals surface area contributed by atoms with Crippen LogP contribution in [0.15, 0.2) is 90.1 Å². The van der Waals surface area contributed by atoms with Crippen molar-refractivity contribution in [2.75, 3.05) is 39.1 Å². The molecular weight excluding hydrogens is 582 g/mol. The highest BCUT2D eigenvalue weighted by atomic mass is 32.2. The molecule has 3 heterocycles. The van der Waals surface area contributed by atoms with Crippen LogP contribution in [0.3, 0.4) is 0 Å². The Morgan fingerprint density at radius 3 is 2.31 bits per heavy atom. The molecule has 1 fully saturated rings. The average Bonchev–Trinajstić information content (AvgIpc) is 3.44. The Hall–Kier alpha value is -4.47. The number of likely N-dealkylation sites (N-methyl/N-ethyl adjacent to an activating group) is 1. The summed E-state index contributed by atoms with van der Waals surface area (Å²) in [6.45, 7) is 6.08. The van der Waals surface area contributed by atoms with E-state index in [0.29, 0.717) is 22.6 Å². The van der Waals surface area contributed by atoms with Gasteiger partial charge in [0.15, 0.2) is 5.65 Å². The molecule has 6 rings (SSSR count). The smallest absolute Gasteiger partial charge is 0.269 e. The van der Waals surface area contributed by atoms with E-state index in [2.05, 4.69) is 35.3 Å². The zero-order valence-corrected chi connectivity index (χ0v) is 27.2. The van der Waals surface area contributed by atoms with Gasteiger partial charge in [0.2, 0.25) is 0 Å². The fourth-order valence-electron chi connectivity index (χ4n) is 6.15. The molecule has 1 atom stereocenters. The first-order valence-electron chi connectivity index (χ1n) is 15.3. The number of nitrogens with one attached hydrogen (secondary N) is 1. The fourth-order valence-corrected chi connectivity index (χ4v) is 7.47. The highest BCUT2D eigenvalue weighted by molar-refractivity contribution is 7.90. The molecule has 1 aliphatic heterocycles. The van der Waals surface area contributed by atoms with Gasteiger partial charge in [-0.25, -0.2) is 17.4 Å². The number of nitrogens with zero attached hydrogens (tertiary/aromatic N) is 4. The second-order valence-electron chi connectivity index (χ2n) is 12.1. The van der Waals surface area contributed by atoms with Crippen LogP contribution in [-0.2, 0) is 10.0 Å². The van der Waals surface area contributed by atoms with Crippen molar-refractivity contribution in [2.45, 2.75) is 37.6 Å². The number of hydrogen-bond donors (Lipinski definition) is 1. The number of carbonyl (C=O) groups is 1. The molecular formula is C36H39N5O3S. The first kappa shape index (κ1) is 30.6. The van der Waals surface area contributed by atoms with Gasteiger partial charge in [-0.05, 0) is 92.9 Å². The Morgan fingerprint density at radius 1 is 0.933 bits per heavy atom. The van der Waals surface area contributed by atoms with Crippen LogP contribution < -0.4 is 10.2 Å². The minimum absolute atomic E-state index is 0.0975. The molecule has 1 aliphatic rings. The van der Waals surface area contributed by atoms with Gasteiger partial charge in [0.05, 0.1) is 4.90 Å². The summed E-state index contributed by atoms with van der Waals surface area (Å²) in [6.07, 6.45) is 5.73. The molecule has 2 aromatic heterocycles. The van der Waals surface area contributed by atoms with E-state index in [-0.39, 0.29) is 10.8 Å². The van der Waals surface area contributed by atoms with Crippen LogP contribution in [0, 0.1) is 13.8 Å². The summed E-state index contributed by atoms with van der Waals surface area (Å²) in [4.78, 5) is 21.5. The van der Waals surface area contributed by atoms with E-state index in [9.17, 15) is 13.2 Å².